The average molecular weight is 373 g/mol. The van der Waals surface area contributed by atoms with Gasteiger partial charge in [0.25, 0.3) is 5.91 Å². The number of benzene rings is 1. The lowest BCUT2D eigenvalue weighted by molar-refractivity contribution is 0.0607. The Hall–Kier alpha value is -2.14. The molecule has 6 heteroatoms. The number of aromatic nitrogens is 2. The summed E-state index contributed by atoms with van der Waals surface area (Å²) in [6.07, 6.45) is 8.48. The molecule has 0 aliphatic carbocycles. The fourth-order valence-corrected chi connectivity index (χ4v) is 3.48. The monoisotopic (exact) mass is 372 g/mol. The molecule has 2 heterocycles. The van der Waals surface area contributed by atoms with Gasteiger partial charge < -0.3 is 10.2 Å². The zero-order valence-corrected chi connectivity index (χ0v) is 15.9. The molecule has 1 atom stereocenters. The van der Waals surface area contributed by atoms with E-state index < -0.39 is 0 Å². The Morgan fingerprint density at radius 2 is 1.96 bits per heavy atom. The van der Waals surface area contributed by atoms with Gasteiger partial charge in [-0.15, -0.1) is 0 Å². The van der Waals surface area contributed by atoms with Crippen molar-refractivity contribution >= 4 is 23.5 Å². The van der Waals surface area contributed by atoms with E-state index in [0.29, 0.717) is 17.6 Å². The highest BCUT2D eigenvalue weighted by Crippen LogP contribution is 2.21. The molecule has 2 aromatic rings. The van der Waals surface area contributed by atoms with Crippen LogP contribution in [0.4, 0.5) is 5.95 Å². The standard InChI is InChI=1S/C20H25ClN4O/c1-2-18-5-3-4-12-25(18)19(26)16-13-23-20(24-14-16)22-11-10-15-6-8-17(21)9-7-15/h6-9,13-14,18H,2-5,10-12H2,1H3,(H,22,23,24). The van der Waals surface area contributed by atoms with E-state index in [1.807, 2.05) is 29.2 Å². The highest BCUT2D eigenvalue weighted by atomic mass is 35.5. The van der Waals surface area contributed by atoms with Crippen molar-refractivity contribution in [1.29, 1.82) is 0 Å². The summed E-state index contributed by atoms with van der Waals surface area (Å²) in [6, 6.07) is 8.13. The van der Waals surface area contributed by atoms with Crippen molar-refractivity contribution in [3.63, 3.8) is 0 Å². The number of carbonyl (C=O) groups is 1. The Balaban J connectivity index is 1.54. The van der Waals surface area contributed by atoms with Crippen LogP contribution >= 0.6 is 11.6 Å². The highest BCUT2D eigenvalue weighted by Gasteiger charge is 2.26. The Bertz CT molecular complexity index is 718. The van der Waals surface area contributed by atoms with Gasteiger partial charge in [0.1, 0.15) is 0 Å². The van der Waals surface area contributed by atoms with Crippen LogP contribution in [-0.4, -0.2) is 39.9 Å². The van der Waals surface area contributed by atoms with Crippen molar-refractivity contribution in [3.05, 3.63) is 52.8 Å². The molecule has 1 amide bonds. The van der Waals surface area contributed by atoms with E-state index >= 15 is 0 Å². The van der Waals surface area contributed by atoms with Crippen LogP contribution in [0.1, 0.15) is 48.5 Å². The van der Waals surface area contributed by atoms with Gasteiger partial charge in [-0.1, -0.05) is 30.7 Å². The summed E-state index contributed by atoms with van der Waals surface area (Å²) in [4.78, 5) is 23.3. The Morgan fingerprint density at radius 3 is 2.65 bits per heavy atom. The second-order valence-electron chi connectivity index (χ2n) is 6.65. The highest BCUT2D eigenvalue weighted by molar-refractivity contribution is 6.30. The van der Waals surface area contributed by atoms with Gasteiger partial charge in [-0.3, -0.25) is 4.79 Å². The molecule has 1 aliphatic heterocycles. The van der Waals surface area contributed by atoms with Gasteiger partial charge in [0.2, 0.25) is 5.95 Å². The lowest BCUT2D eigenvalue weighted by atomic mass is 9.99. The van der Waals surface area contributed by atoms with Gasteiger partial charge in [-0.05, 0) is 49.8 Å². The SMILES string of the molecule is CCC1CCCCN1C(=O)c1cnc(NCCc2ccc(Cl)cc2)nc1. The minimum atomic E-state index is 0.0456. The number of rotatable bonds is 6. The molecule has 1 saturated heterocycles. The van der Waals surface area contributed by atoms with Crippen molar-refractivity contribution in [1.82, 2.24) is 14.9 Å². The zero-order chi connectivity index (χ0) is 18.4. The fraction of sp³-hybridized carbons (Fsp3) is 0.450. The van der Waals surface area contributed by atoms with E-state index in [2.05, 4.69) is 22.2 Å². The number of hydrogen-bond acceptors (Lipinski definition) is 4. The fourth-order valence-electron chi connectivity index (χ4n) is 3.36. The Labute approximate surface area is 159 Å². The molecule has 1 aromatic carbocycles. The molecule has 0 radical (unpaired) electrons. The minimum absolute atomic E-state index is 0.0456. The van der Waals surface area contributed by atoms with Gasteiger partial charge >= 0.3 is 0 Å². The van der Waals surface area contributed by atoms with E-state index in [-0.39, 0.29) is 5.91 Å². The maximum absolute atomic E-state index is 12.7. The molecular formula is C20H25ClN4O. The van der Waals surface area contributed by atoms with Gasteiger partial charge in [-0.2, -0.15) is 0 Å². The van der Waals surface area contributed by atoms with Crippen LogP contribution in [0.15, 0.2) is 36.7 Å². The minimum Gasteiger partial charge on any atom is -0.354 e. The molecule has 0 saturated carbocycles. The summed E-state index contributed by atoms with van der Waals surface area (Å²) in [5.41, 5.74) is 1.76. The lowest BCUT2D eigenvalue weighted by Crippen LogP contribution is -2.43. The number of hydrogen-bond donors (Lipinski definition) is 1. The summed E-state index contributed by atoms with van der Waals surface area (Å²) in [7, 11) is 0. The molecule has 0 bridgehead atoms. The van der Waals surface area contributed by atoms with E-state index in [4.69, 9.17) is 11.6 Å². The van der Waals surface area contributed by atoms with E-state index in [9.17, 15) is 4.79 Å². The maximum atomic E-state index is 12.7. The molecule has 5 nitrogen and oxygen atoms in total. The number of amides is 1. The van der Waals surface area contributed by atoms with Gasteiger partial charge in [-0.25, -0.2) is 9.97 Å². The third-order valence-electron chi connectivity index (χ3n) is 4.87. The average Bonchev–Trinajstić information content (AvgIpc) is 2.69. The van der Waals surface area contributed by atoms with Crippen molar-refractivity contribution in [2.75, 3.05) is 18.4 Å². The molecule has 1 fully saturated rings. The molecule has 1 aromatic heterocycles. The molecule has 0 spiro atoms. The number of halogens is 1. The molecule has 26 heavy (non-hydrogen) atoms. The largest absolute Gasteiger partial charge is 0.354 e. The molecule has 3 rings (SSSR count). The summed E-state index contributed by atoms with van der Waals surface area (Å²) < 4.78 is 0. The van der Waals surface area contributed by atoms with Crippen molar-refractivity contribution in [2.45, 2.75) is 45.1 Å². The number of carbonyl (C=O) groups excluding carboxylic acids is 1. The summed E-state index contributed by atoms with van der Waals surface area (Å²) >= 11 is 5.89. The van der Waals surface area contributed by atoms with Crippen molar-refractivity contribution in [3.8, 4) is 0 Å². The third kappa shape index (κ3) is 4.73. The molecule has 138 valence electrons. The van der Waals surface area contributed by atoms with Crippen LogP contribution in [0.25, 0.3) is 0 Å². The Kier molecular flexibility index (Phi) is 6.45. The number of nitrogens with zero attached hydrogens (tertiary/aromatic N) is 3. The number of anilines is 1. The first-order valence-electron chi connectivity index (χ1n) is 9.28. The number of piperidine rings is 1. The van der Waals surface area contributed by atoms with E-state index in [0.717, 1.165) is 43.8 Å². The van der Waals surface area contributed by atoms with Crippen LogP contribution in [-0.2, 0) is 6.42 Å². The maximum Gasteiger partial charge on any atom is 0.257 e. The summed E-state index contributed by atoms with van der Waals surface area (Å²) in [5, 5.41) is 3.93. The van der Waals surface area contributed by atoms with Crippen LogP contribution in [0.2, 0.25) is 5.02 Å². The third-order valence-corrected chi connectivity index (χ3v) is 5.12. The second kappa shape index (κ2) is 8.99. The predicted molar refractivity (Wildman–Crippen MR) is 105 cm³/mol. The van der Waals surface area contributed by atoms with Crippen LogP contribution in [0, 0.1) is 0 Å². The summed E-state index contributed by atoms with van der Waals surface area (Å²) in [6.45, 7) is 3.69. The predicted octanol–water partition coefficient (Wildman–Crippen LogP) is 4.19. The van der Waals surface area contributed by atoms with Crippen molar-refractivity contribution < 1.29 is 4.79 Å². The van der Waals surface area contributed by atoms with Crippen LogP contribution in [0.3, 0.4) is 0 Å². The first kappa shape index (κ1) is 18.6. The second-order valence-corrected chi connectivity index (χ2v) is 7.09. The van der Waals surface area contributed by atoms with E-state index in [1.165, 1.54) is 12.0 Å². The number of likely N-dealkylation sites (tertiary alicyclic amines) is 1. The molecular weight excluding hydrogens is 348 g/mol. The van der Waals surface area contributed by atoms with Crippen molar-refractivity contribution in [2.24, 2.45) is 0 Å². The molecule has 1 unspecified atom stereocenters. The smallest absolute Gasteiger partial charge is 0.257 e. The van der Waals surface area contributed by atoms with Gasteiger partial charge in [0.05, 0.1) is 5.56 Å². The van der Waals surface area contributed by atoms with Crippen LogP contribution < -0.4 is 5.32 Å². The van der Waals surface area contributed by atoms with E-state index in [1.54, 1.807) is 12.4 Å². The first-order valence-corrected chi connectivity index (χ1v) is 9.66. The zero-order valence-electron chi connectivity index (χ0n) is 15.1. The Morgan fingerprint density at radius 1 is 1.23 bits per heavy atom. The lowest BCUT2D eigenvalue weighted by Gasteiger charge is -2.35. The van der Waals surface area contributed by atoms with Crippen LogP contribution in [0.5, 0.6) is 0 Å². The topological polar surface area (TPSA) is 58.1 Å². The normalized spacial score (nSPS) is 17.2. The first-order chi connectivity index (χ1) is 12.7. The molecule has 1 aliphatic rings. The number of nitrogens with one attached hydrogen (secondary N) is 1. The van der Waals surface area contributed by atoms with Gasteiger partial charge in [0.15, 0.2) is 0 Å². The quantitative estimate of drug-likeness (QED) is 0.826. The molecule has 1 N–H and O–H groups in total. The van der Waals surface area contributed by atoms with Gasteiger partial charge in [0, 0.05) is 36.5 Å². The summed E-state index contributed by atoms with van der Waals surface area (Å²) in [5.74, 6) is 0.588.